The van der Waals surface area contributed by atoms with E-state index < -0.39 is 0 Å². The molecule has 4 nitrogen and oxygen atoms in total. The fourth-order valence-electron chi connectivity index (χ4n) is 3.70. The van der Waals surface area contributed by atoms with E-state index in [1.807, 2.05) is 29.2 Å². The summed E-state index contributed by atoms with van der Waals surface area (Å²) in [6, 6.07) is 14.2. The first-order chi connectivity index (χ1) is 13.9. The van der Waals surface area contributed by atoms with Crippen molar-refractivity contribution < 1.29 is 4.79 Å². The molecule has 1 amide bonds. The van der Waals surface area contributed by atoms with Gasteiger partial charge in [-0.25, -0.2) is 4.98 Å². The number of nitrogens with zero attached hydrogens (tertiary/aromatic N) is 3. The highest BCUT2D eigenvalue weighted by molar-refractivity contribution is 5.94. The van der Waals surface area contributed by atoms with E-state index in [4.69, 9.17) is 4.98 Å². The fourth-order valence-corrected chi connectivity index (χ4v) is 3.70. The van der Waals surface area contributed by atoms with E-state index in [-0.39, 0.29) is 5.91 Å². The summed E-state index contributed by atoms with van der Waals surface area (Å²) in [4.78, 5) is 20.2. The summed E-state index contributed by atoms with van der Waals surface area (Å²) >= 11 is 0. The molecular weight excluding hydrogens is 358 g/mol. The maximum absolute atomic E-state index is 13.4. The highest BCUT2D eigenvalue weighted by Crippen LogP contribution is 2.20. The van der Waals surface area contributed by atoms with Gasteiger partial charge in [-0.15, -0.1) is 0 Å². The van der Waals surface area contributed by atoms with Gasteiger partial charge in [0, 0.05) is 18.7 Å². The van der Waals surface area contributed by atoms with Crippen LogP contribution in [0.3, 0.4) is 0 Å². The van der Waals surface area contributed by atoms with Crippen LogP contribution in [-0.4, -0.2) is 26.9 Å². The van der Waals surface area contributed by atoms with Crippen molar-refractivity contribution >= 4 is 16.9 Å². The number of carbonyl (C=O) groups is 1. The first-order valence-electron chi connectivity index (χ1n) is 10.7. The van der Waals surface area contributed by atoms with E-state index in [0.29, 0.717) is 19.0 Å². The molecule has 0 radical (unpaired) electrons. The maximum Gasteiger partial charge on any atom is 0.254 e. The van der Waals surface area contributed by atoms with Crippen molar-refractivity contribution in [2.24, 2.45) is 5.92 Å². The highest BCUT2D eigenvalue weighted by atomic mass is 16.2. The third-order valence-corrected chi connectivity index (χ3v) is 5.43. The zero-order valence-electron chi connectivity index (χ0n) is 18.4. The van der Waals surface area contributed by atoms with E-state index in [2.05, 4.69) is 57.4 Å². The van der Waals surface area contributed by atoms with Crippen LogP contribution in [0.15, 0.2) is 42.5 Å². The van der Waals surface area contributed by atoms with Crippen molar-refractivity contribution in [3.05, 3.63) is 65.0 Å². The van der Waals surface area contributed by atoms with Crippen LogP contribution in [0, 0.1) is 19.8 Å². The lowest BCUT2D eigenvalue weighted by molar-refractivity contribution is 0.0716. The van der Waals surface area contributed by atoms with Crippen molar-refractivity contribution in [2.75, 3.05) is 6.54 Å². The molecule has 154 valence electrons. The molecule has 4 heteroatoms. The Kier molecular flexibility index (Phi) is 6.73. The minimum Gasteiger partial charge on any atom is -0.331 e. The summed E-state index contributed by atoms with van der Waals surface area (Å²) in [6.45, 7) is 12.8. The van der Waals surface area contributed by atoms with E-state index in [1.54, 1.807) is 0 Å². The van der Waals surface area contributed by atoms with Crippen LogP contribution < -0.4 is 0 Å². The first kappa shape index (κ1) is 21.1. The lowest BCUT2D eigenvalue weighted by Gasteiger charge is -2.25. The van der Waals surface area contributed by atoms with Crippen LogP contribution in [0.5, 0.6) is 0 Å². The van der Waals surface area contributed by atoms with Gasteiger partial charge in [0.15, 0.2) is 0 Å². The average Bonchev–Trinajstić information content (AvgIpc) is 3.04. The number of hydrogen-bond acceptors (Lipinski definition) is 2. The molecule has 0 N–H and O–H groups in total. The molecule has 0 aliphatic heterocycles. The largest absolute Gasteiger partial charge is 0.331 e. The normalized spacial score (nSPS) is 11.4. The SMILES string of the molecule is CCCCn1c(CN(CC(C)C)C(=O)c2ccc(C)c(C)c2)nc2ccccc21. The molecule has 0 spiro atoms. The second-order valence-electron chi connectivity index (χ2n) is 8.40. The Morgan fingerprint density at radius 1 is 1.10 bits per heavy atom. The molecule has 0 fully saturated rings. The molecular formula is C25H33N3O. The average molecular weight is 392 g/mol. The zero-order valence-corrected chi connectivity index (χ0v) is 18.4. The molecule has 0 aliphatic rings. The van der Waals surface area contributed by atoms with Gasteiger partial charge >= 0.3 is 0 Å². The molecule has 1 heterocycles. The van der Waals surface area contributed by atoms with Gasteiger partial charge in [0.2, 0.25) is 0 Å². The molecule has 0 aliphatic carbocycles. The predicted octanol–water partition coefficient (Wildman–Crippen LogP) is 5.75. The van der Waals surface area contributed by atoms with Crippen molar-refractivity contribution in [1.29, 1.82) is 0 Å². The van der Waals surface area contributed by atoms with Crippen LogP contribution in [0.1, 0.15) is 60.9 Å². The number of aromatic nitrogens is 2. The van der Waals surface area contributed by atoms with Crippen molar-refractivity contribution in [3.8, 4) is 0 Å². The van der Waals surface area contributed by atoms with Crippen LogP contribution in [0.25, 0.3) is 11.0 Å². The van der Waals surface area contributed by atoms with Gasteiger partial charge < -0.3 is 9.47 Å². The number of para-hydroxylation sites is 2. The van der Waals surface area contributed by atoms with Gasteiger partial charge in [-0.3, -0.25) is 4.79 Å². The van der Waals surface area contributed by atoms with E-state index in [0.717, 1.165) is 47.4 Å². The van der Waals surface area contributed by atoms with E-state index in [9.17, 15) is 4.79 Å². The monoisotopic (exact) mass is 391 g/mol. The number of unbranched alkanes of at least 4 members (excludes halogenated alkanes) is 1. The summed E-state index contributed by atoms with van der Waals surface area (Å²) in [5.41, 5.74) is 5.26. The second-order valence-corrected chi connectivity index (χ2v) is 8.40. The Labute approximate surface area is 174 Å². The Bertz CT molecular complexity index is 987. The smallest absolute Gasteiger partial charge is 0.254 e. The number of carbonyl (C=O) groups excluding carboxylic acids is 1. The Hall–Kier alpha value is -2.62. The van der Waals surface area contributed by atoms with Gasteiger partial charge in [0.1, 0.15) is 5.82 Å². The second kappa shape index (κ2) is 9.25. The van der Waals surface area contributed by atoms with Gasteiger partial charge in [0.25, 0.3) is 5.91 Å². The minimum atomic E-state index is 0.0795. The van der Waals surface area contributed by atoms with Gasteiger partial charge in [-0.05, 0) is 61.6 Å². The number of amides is 1. The number of hydrogen-bond donors (Lipinski definition) is 0. The quantitative estimate of drug-likeness (QED) is 0.490. The number of benzene rings is 2. The molecule has 3 aromatic rings. The molecule has 0 unspecified atom stereocenters. The van der Waals surface area contributed by atoms with Gasteiger partial charge in [0.05, 0.1) is 17.6 Å². The maximum atomic E-state index is 13.4. The van der Waals surface area contributed by atoms with Crippen LogP contribution in [-0.2, 0) is 13.1 Å². The lowest BCUT2D eigenvalue weighted by Crippen LogP contribution is -2.34. The number of fused-ring (bicyclic) bond motifs is 1. The van der Waals surface area contributed by atoms with Crippen LogP contribution >= 0.6 is 0 Å². The highest BCUT2D eigenvalue weighted by Gasteiger charge is 2.21. The summed E-state index contributed by atoms with van der Waals surface area (Å²) in [5, 5.41) is 0. The van der Waals surface area contributed by atoms with E-state index >= 15 is 0 Å². The zero-order chi connectivity index (χ0) is 21.0. The summed E-state index contributed by atoms with van der Waals surface area (Å²) in [7, 11) is 0. The molecule has 2 aromatic carbocycles. The lowest BCUT2D eigenvalue weighted by atomic mass is 10.0. The Morgan fingerprint density at radius 2 is 1.86 bits per heavy atom. The molecule has 0 saturated heterocycles. The summed E-state index contributed by atoms with van der Waals surface area (Å²) in [5.74, 6) is 1.44. The van der Waals surface area contributed by atoms with Gasteiger partial charge in [-0.2, -0.15) is 0 Å². The third-order valence-electron chi connectivity index (χ3n) is 5.43. The minimum absolute atomic E-state index is 0.0795. The Balaban J connectivity index is 1.96. The molecule has 1 aromatic heterocycles. The summed E-state index contributed by atoms with van der Waals surface area (Å²) in [6.07, 6.45) is 2.23. The Morgan fingerprint density at radius 3 is 2.55 bits per heavy atom. The predicted molar refractivity (Wildman–Crippen MR) is 120 cm³/mol. The van der Waals surface area contributed by atoms with Crippen LogP contribution in [0.4, 0.5) is 0 Å². The topological polar surface area (TPSA) is 38.1 Å². The molecule has 0 atom stereocenters. The van der Waals surface area contributed by atoms with E-state index in [1.165, 1.54) is 5.56 Å². The van der Waals surface area contributed by atoms with Crippen molar-refractivity contribution in [3.63, 3.8) is 0 Å². The summed E-state index contributed by atoms with van der Waals surface area (Å²) < 4.78 is 2.29. The molecule has 29 heavy (non-hydrogen) atoms. The van der Waals surface area contributed by atoms with Crippen LogP contribution in [0.2, 0.25) is 0 Å². The van der Waals surface area contributed by atoms with Gasteiger partial charge in [-0.1, -0.05) is 45.4 Å². The third kappa shape index (κ3) is 4.87. The van der Waals surface area contributed by atoms with Crippen molar-refractivity contribution in [1.82, 2.24) is 14.5 Å². The molecule has 3 rings (SSSR count). The molecule has 0 bridgehead atoms. The molecule has 0 saturated carbocycles. The number of imidazole rings is 1. The first-order valence-corrected chi connectivity index (χ1v) is 10.7. The standard InChI is InChI=1S/C25H33N3O/c1-6-7-14-28-23-11-9-8-10-22(23)26-24(28)17-27(16-18(2)3)25(29)21-13-12-19(4)20(5)15-21/h8-13,15,18H,6-7,14,16-17H2,1-5H3. The van der Waals surface area contributed by atoms with Crippen molar-refractivity contribution in [2.45, 2.75) is 60.5 Å². The number of rotatable bonds is 8. The fraction of sp³-hybridized carbons (Fsp3) is 0.440. The number of aryl methyl sites for hydroxylation is 3.